The van der Waals surface area contributed by atoms with Crippen LogP contribution >= 0.6 is 0 Å². The van der Waals surface area contributed by atoms with Crippen LogP contribution in [0.2, 0.25) is 0 Å². The predicted octanol–water partition coefficient (Wildman–Crippen LogP) is 3.26. The minimum Gasteiger partial charge on any atom is -0.463 e. The highest BCUT2D eigenvalue weighted by molar-refractivity contribution is 5.71. The largest absolute Gasteiger partial charge is 0.463 e. The molecule has 13 heteroatoms. The number of carbonyl (C=O) groups is 4. The SMILES string of the molecule is CCCCCCCCC(=O)O[C@H]1[C@H](OC(C)=O)[C@@H](COC(C)=O)OC(OCC(O)C(O)CO)[C@H]1OC(=O)CCCCCCCC. The Morgan fingerprint density at radius 3 is 1.67 bits per heavy atom. The van der Waals surface area contributed by atoms with Crippen molar-refractivity contribution in [1.82, 2.24) is 0 Å². The summed E-state index contributed by atoms with van der Waals surface area (Å²) < 4.78 is 33.8. The van der Waals surface area contributed by atoms with Crippen molar-refractivity contribution in [3.63, 3.8) is 0 Å². The van der Waals surface area contributed by atoms with Crippen LogP contribution in [-0.2, 0) is 47.6 Å². The zero-order chi connectivity index (χ0) is 33.6. The summed E-state index contributed by atoms with van der Waals surface area (Å²) in [5, 5.41) is 29.2. The van der Waals surface area contributed by atoms with Crippen LogP contribution in [0.15, 0.2) is 0 Å². The maximum absolute atomic E-state index is 13.1. The highest BCUT2D eigenvalue weighted by Gasteiger charge is 2.53. The third-order valence-electron chi connectivity index (χ3n) is 7.41. The van der Waals surface area contributed by atoms with E-state index < -0.39 is 86.6 Å². The van der Waals surface area contributed by atoms with Crippen LogP contribution in [-0.4, -0.2) is 102 Å². The highest BCUT2D eigenvalue weighted by Crippen LogP contribution is 2.31. The van der Waals surface area contributed by atoms with Gasteiger partial charge in [-0.3, -0.25) is 19.2 Å². The van der Waals surface area contributed by atoms with Gasteiger partial charge in [0.25, 0.3) is 0 Å². The fourth-order valence-electron chi connectivity index (χ4n) is 4.89. The molecule has 0 aromatic rings. The molecule has 262 valence electrons. The number of aliphatic hydroxyl groups is 3. The standard InChI is InChI=1S/C32H56O13/c1-5-7-9-11-13-15-17-27(38)44-30-29(42-23(4)35)26(21-40-22(3)34)43-32(41-20-25(37)24(36)19-33)31(30)45-28(39)18-16-14-12-10-8-6-2/h24-26,29-33,36-37H,5-21H2,1-4H3/t24?,25?,26-,29-,30+,31+,32?/m1/s1. The molecule has 1 heterocycles. The topological polar surface area (TPSA) is 184 Å². The van der Waals surface area contributed by atoms with Crippen molar-refractivity contribution in [2.45, 2.75) is 161 Å². The maximum Gasteiger partial charge on any atom is 0.306 e. The molecule has 1 rings (SSSR count). The molecule has 0 saturated carbocycles. The van der Waals surface area contributed by atoms with Gasteiger partial charge in [-0.15, -0.1) is 0 Å². The second-order valence-corrected chi connectivity index (χ2v) is 11.5. The number of carbonyl (C=O) groups excluding carboxylic acids is 4. The number of hydrogen-bond donors (Lipinski definition) is 3. The molecule has 0 bridgehead atoms. The van der Waals surface area contributed by atoms with Gasteiger partial charge in [0.05, 0.1) is 13.2 Å². The number of aliphatic hydroxyl groups excluding tert-OH is 3. The molecule has 1 saturated heterocycles. The summed E-state index contributed by atoms with van der Waals surface area (Å²) in [5.41, 5.74) is 0. The molecule has 0 amide bonds. The average Bonchev–Trinajstić information content (AvgIpc) is 3.00. The van der Waals surface area contributed by atoms with Crippen molar-refractivity contribution >= 4 is 23.9 Å². The minimum absolute atomic E-state index is 0.0642. The Morgan fingerprint density at radius 1 is 0.667 bits per heavy atom. The zero-order valence-corrected chi connectivity index (χ0v) is 27.5. The number of ether oxygens (including phenoxy) is 6. The lowest BCUT2D eigenvalue weighted by Gasteiger charge is -2.44. The van der Waals surface area contributed by atoms with E-state index in [0.717, 1.165) is 71.1 Å². The van der Waals surface area contributed by atoms with Crippen LogP contribution in [0, 0.1) is 0 Å². The Kier molecular flexibility index (Phi) is 21.7. The molecule has 13 nitrogen and oxygen atoms in total. The molecule has 0 aromatic carbocycles. The lowest BCUT2D eigenvalue weighted by Crippen LogP contribution is -2.63. The molecule has 0 spiro atoms. The van der Waals surface area contributed by atoms with E-state index in [4.69, 9.17) is 28.4 Å². The molecule has 45 heavy (non-hydrogen) atoms. The molecule has 0 aliphatic carbocycles. The van der Waals surface area contributed by atoms with Gasteiger partial charge in [0, 0.05) is 26.7 Å². The first-order valence-corrected chi connectivity index (χ1v) is 16.5. The summed E-state index contributed by atoms with van der Waals surface area (Å²) in [6, 6.07) is 0. The quantitative estimate of drug-likeness (QED) is 0.0788. The van der Waals surface area contributed by atoms with E-state index >= 15 is 0 Å². The smallest absolute Gasteiger partial charge is 0.306 e. The van der Waals surface area contributed by atoms with E-state index in [1.54, 1.807) is 0 Å². The van der Waals surface area contributed by atoms with Crippen LogP contribution in [0.3, 0.4) is 0 Å². The van der Waals surface area contributed by atoms with Gasteiger partial charge >= 0.3 is 23.9 Å². The summed E-state index contributed by atoms with van der Waals surface area (Å²) in [7, 11) is 0. The van der Waals surface area contributed by atoms with Gasteiger partial charge in [0.1, 0.15) is 24.9 Å². The van der Waals surface area contributed by atoms with Crippen LogP contribution in [0.25, 0.3) is 0 Å². The first-order chi connectivity index (χ1) is 21.5. The van der Waals surface area contributed by atoms with Gasteiger partial charge in [-0.1, -0.05) is 78.1 Å². The number of esters is 4. The maximum atomic E-state index is 13.1. The van der Waals surface area contributed by atoms with Gasteiger partial charge in [-0.2, -0.15) is 0 Å². The highest BCUT2D eigenvalue weighted by atomic mass is 16.7. The van der Waals surface area contributed by atoms with Crippen LogP contribution < -0.4 is 0 Å². The lowest BCUT2D eigenvalue weighted by atomic mass is 9.97. The van der Waals surface area contributed by atoms with E-state index in [0.29, 0.717) is 12.8 Å². The van der Waals surface area contributed by atoms with E-state index in [2.05, 4.69) is 13.8 Å². The van der Waals surface area contributed by atoms with E-state index in [9.17, 15) is 34.5 Å². The number of unbranched alkanes of at least 4 members (excludes halogenated alkanes) is 10. The summed E-state index contributed by atoms with van der Waals surface area (Å²) in [6.45, 7) is 4.83. The Morgan fingerprint density at radius 2 is 1.18 bits per heavy atom. The second kappa shape index (κ2) is 23.9. The first-order valence-electron chi connectivity index (χ1n) is 16.5. The molecule has 7 atom stereocenters. The van der Waals surface area contributed by atoms with Crippen molar-refractivity contribution in [3.8, 4) is 0 Å². The lowest BCUT2D eigenvalue weighted by molar-refractivity contribution is -0.312. The summed E-state index contributed by atoms with van der Waals surface area (Å²) in [5.74, 6) is -2.64. The van der Waals surface area contributed by atoms with Crippen molar-refractivity contribution in [2.24, 2.45) is 0 Å². The third-order valence-corrected chi connectivity index (χ3v) is 7.41. The van der Waals surface area contributed by atoms with Crippen LogP contribution in [0.5, 0.6) is 0 Å². The molecule has 0 aromatic heterocycles. The second-order valence-electron chi connectivity index (χ2n) is 11.5. The Labute approximate surface area is 267 Å². The molecule has 1 aliphatic rings. The van der Waals surface area contributed by atoms with Crippen molar-refractivity contribution < 1.29 is 62.9 Å². The molecule has 3 N–H and O–H groups in total. The van der Waals surface area contributed by atoms with Gasteiger partial charge in [-0.05, 0) is 12.8 Å². The zero-order valence-electron chi connectivity index (χ0n) is 27.5. The van der Waals surface area contributed by atoms with Crippen molar-refractivity contribution in [2.75, 3.05) is 19.8 Å². The third kappa shape index (κ3) is 17.2. The Hall–Kier alpha value is -2.32. The van der Waals surface area contributed by atoms with Gasteiger partial charge in [0.2, 0.25) is 0 Å². The molecular formula is C32H56O13. The van der Waals surface area contributed by atoms with Crippen molar-refractivity contribution in [3.05, 3.63) is 0 Å². The number of rotatable bonds is 24. The fourth-order valence-corrected chi connectivity index (χ4v) is 4.89. The number of hydrogen-bond acceptors (Lipinski definition) is 13. The fraction of sp³-hybridized carbons (Fsp3) is 0.875. The molecule has 0 radical (unpaired) electrons. The Bertz CT molecular complexity index is 851. The monoisotopic (exact) mass is 648 g/mol. The van der Waals surface area contributed by atoms with Gasteiger partial charge in [0.15, 0.2) is 24.6 Å². The van der Waals surface area contributed by atoms with E-state index in [1.165, 1.54) is 6.92 Å². The average molecular weight is 649 g/mol. The molecule has 1 aliphatic heterocycles. The van der Waals surface area contributed by atoms with E-state index in [1.807, 2.05) is 0 Å². The normalized spacial score (nSPS) is 22.7. The van der Waals surface area contributed by atoms with Crippen molar-refractivity contribution in [1.29, 1.82) is 0 Å². The van der Waals surface area contributed by atoms with Crippen LogP contribution in [0.4, 0.5) is 0 Å². The molecule has 3 unspecified atom stereocenters. The molecule has 1 fully saturated rings. The summed E-state index contributed by atoms with van der Waals surface area (Å²) in [4.78, 5) is 49.9. The van der Waals surface area contributed by atoms with Gasteiger partial charge in [-0.25, -0.2) is 0 Å². The molecular weight excluding hydrogens is 592 g/mol. The van der Waals surface area contributed by atoms with E-state index in [-0.39, 0.29) is 12.8 Å². The predicted molar refractivity (Wildman–Crippen MR) is 162 cm³/mol. The van der Waals surface area contributed by atoms with Gasteiger partial charge < -0.3 is 43.7 Å². The summed E-state index contributed by atoms with van der Waals surface area (Å²) in [6.07, 6.45) is 1.41. The summed E-state index contributed by atoms with van der Waals surface area (Å²) >= 11 is 0. The minimum atomic E-state index is -1.54. The Balaban J connectivity index is 3.25. The van der Waals surface area contributed by atoms with Crippen LogP contribution in [0.1, 0.15) is 118 Å². The first kappa shape index (κ1) is 40.7.